The summed E-state index contributed by atoms with van der Waals surface area (Å²) < 4.78 is 1.90. The van der Waals surface area contributed by atoms with Crippen LogP contribution in [-0.4, -0.2) is 44.1 Å². The van der Waals surface area contributed by atoms with E-state index >= 15 is 0 Å². The molecule has 0 bridgehead atoms. The Hall–Kier alpha value is -1.99. The minimum atomic E-state index is -0.209. The zero-order chi connectivity index (χ0) is 19.4. The maximum absolute atomic E-state index is 11.5. The predicted molar refractivity (Wildman–Crippen MR) is 104 cm³/mol. The van der Waals surface area contributed by atoms with Crippen LogP contribution in [0.1, 0.15) is 50.5 Å². The Kier molecular flexibility index (Phi) is 6.44. The summed E-state index contributed by atoms with van der Waals surface area (Å²) >= 11 is 6.09. The van der Waals surface area contributed by atoms with Crippen LogP contribution >= 0.6 is 11.6 Å². The number of primary amides is 1. The SMILES string of the molecule is CC(C)CCn1nnnc1[C@@H](c1ccc(Cl)cc1)N1CCC(C(N)=O)CC1. The van der Waals surface area contributed by atoms with Crippen LogP contribution in [0.2, 0.25) is 5.02 Å². The Morgan fingerprint density at radius 2 is 1.93 bits per heavy atom. The molecule has 1 aromatic carbocycles. The molecule has 7 nitrogen and oxygen atoms in total. The van der Waals surface area contributed by atoms with E-state index in [0.717, 1.165) is 50.3 Å². The van der Waals surface area contributed by atoms with Crippen molar-refractivity contribution >= 4 is 17.5 Å². The van der Waals surface area contributed by atoms with Crippen LogP contribution < -0.4 is 5.73 Å². The molecule has 27 heavy (non-hydrogen) atoms. The van der Waals surface area contributed by atoms with Crippen LogP contribution in [0.4, 0.5) is 0 Å². The molecular weight excluding hydrogens is 364 g/mol. The highest BCUT2D eigenvalue weighted by Gasteiger charge is 2.32. The summed E-state index contributed by atoms with van der Waals surface area (Å²) in [6, 6.07) is 7.76. The van der Waals surface area contributed by atoms with Gasteiger partial charge in [-0.05, 0) is 66.4 Å². The van der Waals surface area contributed by atoms with Crippen molar-refractivity contribution < 1.29 is 4.79 Å². The van der Waals surface area contributed by atoms with Gasteiger partial charge in [0.2, 0.25) is 5.91 Å². The number of hydrogen-bond acceptors (Lipinski definition) is 5. The Balaban J connectivity index is 1.89. The van der Waals surface area contributed by atoms with Gasteiger partial charge < -0.3 is 5.73 Å². The lowest BCUT2D eigenvalue weighted by molar-refractivity contribution is -0.123. The molecule has 1 aliphatic heterocycles. The van der Waals surface area contributed by atoms with E-state index in [4.69, 9.17) is 17.3 Å². The van der Waals surface area contributed by atoms with Crippen LogP contribution in [0.15, 0.2) is 24.3 Å². The first-order valence-electron chi connectivity index (χ1n) is 9.50. The highest BCUT2D eigenvalue weighted by atomic mass is 35.5. The quantitative estimate of drug-likeness (QED) is 0.784. The molecule has 2 N–H and O–H groups in total. The number of likely N-dealkylation sites (tertiary alicyclic amines) is 1. The van der Waals surface area contributed by atoms with Crippen molar-refractivity contribution in [2.45, 2.75) is 45.7 Å². The third-order valence-corrected chi connectivity index (χ3v) is 5.46. The van der Waals surface area contributed by atoms with E-state index in [1.807, 2.05) is 28.9 Å². The van der Waals surface area contributed by atoms with E-state index in [0.29, 0.717) is 10.9 Å². The summed E-state index contributed by atoms with van der Waals surface area (Å²) in [5.74, 6) is 1.14. The van der Waals surface area contributed by atoms with Crippen molar-refractivity contribution in [1.29, 1.82) is 0 Å². The number of piperidine rings is 1. The fourth-order valence-corrected chi connectivity index (χ4v) is 3.68. The number of carbonyl (C=O) groups is 1. The van der Waals surface area contributed by atoms with Gasteiger partial charge in [-0.1, -0.05) is 37.6 Å². The average Bonchev–Trinajstić information content (AvgIpc) is 3.10. The minimum Gasteiger partial charge on any atom is -0.369 e. The first kappa shape index (κ1) is 19.8. The van der Waals surface area contributed by atoms with E-state index < -0.39 is 0 Å². The highest BCUT2D eigenvalue weighted by Crippen LogP contribution is 2.32. The fourth-order valence-electron chi connectivity index (χ4n) is 3.56. The number of carbonyl (C=O) groups excluding carboxylic acids is 1. The second kappa shape index (κ2) is 8.80. The molecule has 1 atom stereocenters. The molecule has 2 heterocycles. The molecule has 8 heteroatoms. The summed E-state index contributed by atoms with van der Waals surface area (Å²) in [4.78, 5) is 13.9. The van der Waals surface area contributed by atoms with Crippen LogP contribution in [0, 0.1) is 11.8 Å². The van der Waals surface area contributed by atoms with Crippen LogP contribution in [-0.2, 0) is 11.3 Å². The lowest BCUT2D eigenvalue weighted by atomic mass is 9.93. The molecule has 146 valence electrons. The topological polar surface area (TPSA) is 89.9 Å². The van der Waals surface area contributed by atoms with Gasteiger partial charge in [0, 0.05) is 17.5 Å². The molecule has 0 saturated carbocycles. The van der Waals surface area contributed by atoms with Crippen molar-refractivity contribution in [3.05, 3.63) is 40.7 Å². The number of nitrogens with zero attached hydrogens (tertiary/aromatic N) is 5. The predicted octanol–water partition coefficient (Wildman–Crippen LogP) is 2.66. The molecular formula is C19H27ClN6O. The van der Waals surface area contributed by atoms with Gasteiger partial charge in [0.05, 0.1) is 6.04 Å². The lowest BCUT2D eigenvalue weighted by Gasteiger charge is -2.36. The van der Waals surface area contributed by atoms with E-state index in [-0.39, 0.29) is 17.9 Å². The van der Waals surface area contributed by atoms with E-state index in [2.05, 4.69) is 34.3 Å². The average molecular weight is 391 g/mol. The Labute approximate surface area is 164 Å². The van der Waals surface area contributed by atoms with Crippen molar-refractivity contribution in [3.63, 3.8) is 0 Å². The second-order valence-corrected chi connectivity index (χ2v) is 8.05. The first-order valence-corrected chi connectivity index (χ1v) is 9.88. The van der Waals surface area contributed by atoms with E-state index in [1.165, 1.54) is 0 Å². The summed E-state index contributed by atoms with van der Waals surface area (Å²) in [6.45, 7) is 6.71. The molecule has 1 fully saturated rings. The standard InChI is InChI=1S/C19H27ClN6O/c1-13(2)7-12-26-19(22-23-24-26)17(14-3-5-16(20)6-4-14)25-10-8-15(9-11-25)18(21)27/h3-6,13,15,17H,7-12H2,1-2H3,(H2,21,27)/t17-/m1/s1. The minimum absolute atomic E-state index is 0.0518. The van der Waals surface area contributed by atoms with Crippen molar-refractivity contribution in [2.75, 3.05) is 13.1 Å². The number of hydrogen-bond donors (Lipinski definition) is 1. The zero-order valence-electron chi connectivity index (χ0n) is 15.9. The smallest absolute Gasteiger partial charge is 0.220 e. The van der Waals surface area contributed by atoms with Crippen molar-refractivity contribution in [3.8, 4) is 0 Å². The Morgan fingerprint density at radius 3 is 2.52 bits per heavy atom. The van der Waals surface area contributed by atoms with Crippen molar-refractivity contribution in [1.82, 2.24) is 25.1 Å². The van der Waals surface area contributed by atoms with Crippen molar-refractivity contribution in [2.24, 2.45) is 17.6 Å². The largest absolute Gasteiger partial charge is 0.369 e. The molecule has 0 aliphatic carbocycles. The summed E-state index contributed by atoms with van der Waals surface area (Å²) in [5.41, 5.74) is 6.59. The number of rotatable bonds is 7. The number of amides is 1. The number of halogens is 1. The molecule has 1 aromatic heterocycles. The van der Waals surface area contributed by atoms with Crippen LogP contribution in [0.25, 0.3) is 0 Å². The molecule has 3 rings (SSSR count). The molecule has 1 saturated heterocycles. The molecule has 0 unspecified atom stereocenters. The van der Waals surface area contributed by atoms with Gasteiger partial charge in [-0.25, -0.2) is 4.68 Å². The molecule has 2 aromatic rings. The monoisotopic (exact) mass is 390 g/mol. The van der Waals surface area contributed by atoms with Gasteiger partial charge in [-0.3, -0.25) is 9.69 Å². The number of nitrogens with two attached hydrogens (primary N) is 1. The number of benzene rings is 1. The van der Waals surface area contributed by atoms with Gasteiger partial charge in [-0.15, -0.1) is 5.10 Å². The van der Waals surface area contributed by atoms with Gasteiger partial charge in [0.1, 0.15) is 0 Å². The number of aryl methyl sites for hydroxylation is 1. The molecule has 0 radical (unpaired) electrons. The second-order valence-electron chi connectivity index (χ2n) is 7.61. The summed E-state index contributed by atoms with van der Waals surface area (Å²) in [5, 5.41) is 13.2. The maximum atomic E-state index is 11.5. The fraction of sp³-hybridized carbons (Fsp3) is 0.579. The summed E-state index contributed by atoms with van der Waals surface area (Å²) in [7, 11) is 0. The van der Waals surface area contributed by atoms with Crippen LogP contribution in [0.3, 0.4) is 0 Å². The number of aromatic nitrogens is 4. The lowest BCUT2D eigenvalue weighted by Crippen LogP contribution is -2.41. The normalized spacial score (nSPS) is 17.3. The first-order chi connectivity index (χ1) is 13.0. The number of tetrazole rings is 1. The summed E-state index contributed by atoms with van der Waals surface area (Å²) in [6.07, 6.45) is 2.52. The van der Waals surface area contributed by atoms with E-state index in [9.17, 15) is 4.79 Å². The third-order valence-electron chi connectivity index (χ3n) is 5.21. The Bertz CT molecular complexity index is 752. The maximum Gasteiger partial charge on any atom is 0.220 e. The molecule has 1 aliphatic rings. The molecule has 0 spiro atoms. The zero-order valence-corrected chi connectivity index (χ0v) is 16.6. The molecule has 1 amide bonds. The van der Waals surface area contributed by atoms with Gasteiger partial charge in [0.25, 0.3) is 0 Å². The van der Waals surface area contributed by atoms with Gasteiger partial charge in [0.15, 0.2) is 5.82 Å². The Morgan fingerprint density at radius 1 is 1.26 bits per heavy atom. The van der Waals surface area contributed by atoms with Gasteiger partial charge in [-0.2, -0.15) is 0 Å². The third kappa shape index (κ3) is 4.84. The van der Waals surface area contributed by atoms with E-state index in [1.54, 1.807) is 0 Å². The van der Waals surface area contributed by atoms with Gasteiger partial charge >= 0.3 is 0 Å². The van der Waals surface area contributed by atoms with Crippen LogP contribution in [0.5, 0.6) is 0 Å². The highest BCUT2D eigenvalue weighted by molar-refractivity contribution is 6.30.